The van der Waals surface area contributed by atoms with Crippen molar-refractivity contribution in [3.05, 3.63) is 69.7 Å². The first kappa shape index (κ1) is 15.8. The van der Waals surface area contributed by atoms with Crippen molar-refractivity contribution in [3.63, 3.8) is 0 Å². The Labute approximate surface area is 134 Å². The first-order valence-electron chi connectivity index (χ1n) is 7.19. The van der Waals surface area contributed by atoms with Crippen LogP contribution in [0.15, 0.2) is 53.0 Å². The molecular weight excluding hydrogens is 326 g/mol. The van der Waals surface area contributed by atoms with Gasteiger partial charge in [-0.1, -0.05) is 59.3 Å². The molecule has 0 spiro atoms. The van der Waals surface area contributed by atoms with E-state index in [2.05, 4.69) is 47.2 Å². The van der Waals surface area contributed by atoms with Gasteiger partial charge in [0.2, 0.25) is 5.91 Å². The average Bonchev–Trinajstić information content (AvgIpc) is 2.45. The van der Waals surface area contributed by atoms with Gasteiger partial charge in [0.15, 0.2) is 0 Å². The van der Waals surface area contributed by atoms with Gasteiger partial charge in [-0.15, -0.1) is 0 Å². The molecule has 0 bridgehead atoms. The lowest BCUT2D eigenvalue weighted by molar-refractivity contribution is -0.121. The van der Waals surface area contributed by atoms with E-state index in [0.717, 1.165) is 16.5 Å². The third-order valence-corrected chi connectivity index (χ3v) is 4.05. The van der Waals surface area contributed by atoms with Crippen molar-refractivity contribution in [1.29, 1.82) is 0 Å². The van der Waals surface area contributed by atoms with Gasteiger partial charge in [-0.25, -0.2) is 0 Å². The third kappa shape index (κ3) is 4.43. The Balaban J connectivity index is 2.05. The summed E-state index contributed by atoms with van der Waals surface area (Å²) in [5, 5.41) is 3.14. The maximum atomic E-state index is 12.3. The Bertz CT molecular complexity index is 624. The van der Waals surface area contributed by atoms with Crippen LogP contribution in [-0.2, 0) is 11.2 Å². The van der Waals surface area contributed by atoms with E-state index in [0.29, 0.717) is 6.42 Å². The van der Waals surface area contributed by atoms with Gasteiger partial charge in [0.1, 0.15) is 0 Å². The van der Waals surface area contributed by atoms with Crippen LogP contribution >= 0.6 is 15.9 Å². The molecule has 1 amide bonds. The quantitative estimate of drug-likeness (QED) is 0.844. The Kier molecular flexibility index (Phi) is 5.57. The van der Waals surface area contributed by atoms with Crippen molar-refractivity contribution in [3.8, 4) is 0 Å². The number of carbonyl (C=O) groups excluding carboxylic acids is 1. The van der Waals surface area contributed by atoms with E-state index in [-0.39, 0.29) is 11.9 Å². The normalized spacial score (nSPS) is 12.0. The summed E-state index contributed by atoms with van der Waals surface area (Å²) in [7, 11) is 0. The molecule has 0 aliphatic heterocycles. The summed E-state index contributed by atoms with van der Waals surface area (Å²) >= 11 is 3.43. The molecule has 110 valence electrons. The summed E-state index contributed by atoms with van der Waals surface area (Å²) in [6.07, 6.45) is 1.29. The molecule has 2 aromatic carbocycles. The first-order chi connectivity index (χ1) is 10.1. The average molecular weight is 346 g/mol. The highest BCUT2D eigenvalue weighted by Crippen LogP contribution is 2.20. The lowest BCUT2D eigenvalue weighted by atomic mass is 9.99. The number of hydrogen-bond donors (Lipinski definition) is 1. The highest BCUT2D eigenvalue weighted by Gasteiger charge is 2.14. The smallest absolute Gasteiger partial charge is 0.224 e. The lowest BCUT2D eigenvalue weighted by Crippen LogP contribution is -2.29. The summed E-state index contributed by atoms with van der Waals surface area (Å²) in [6, 6.07) is 16.1. The van der Waals surface area contributed by atoms with Gasteiger partial charge in [0, 0.05) is 4.47 Å². The van der Waals surface area contributed by atoms with E-state index in [1.165, 1.54) is 11.1 Å². The molecule has 1 atom stereocenters. The van der Waals surface area contributed by atoms with Crippen molar-refractivity contribution in [2.24, 2.45) is 0 Å². The third-order valence-electron chi connectivity index (χ3n) is 3.56. The van der Waals surface area contributed by atoms with Crippen molar-refractivity contribution < 1.29 is 4.79 Å². The molecule has 0 aliphatic rings. The molecule has 0 heterocycles. The van der Waals surface area contributed by atoms with Crippen LogP contribution in [0.25, 0.3) is 0 Å². The Morgan fingerprint density at radius 1 is 1.19 bits per heavy atom. The molecule has 0 unspecified atom stereocenters. The predicted molar refractivity (Wildman–Crippen MR) is 90.2 cm³/mol. The SMILES string of the molecule is CC[C@H](NC(=O)Cc1cccc(Br)c1)c1ccccc1C. The lowest BCUT2D eigenvalue weighted by Gasteiger charge is -2.19. The van der Waals surface area contributed by atoms with E-state index in [1.54, 1.807) is 0 Å². The molecule has 0 fully saturated rings. The minimum atomic E-state index is 0.0585. The number of nitrogens with one attached hydrogen (secondary N) is 1. The van der Waals surface area contributed by atoms with Gasteiger partial charge in [0.25, 0.3) is 0 Å². The zero-order valence-corrected chi connectivity index (χ0v) is 14.0. The van der Waals surface area contributed by atoms with Gasteiger partial charge in [-0.2, -0.15) is 0 Å². The van der Waals surface area contributed by atoms with Crippen LogP contribution in [0.5, 0.6) is 0 Å². The Morgan fingerprint density at radius 2 is 1.95 bits per heavy atom. The zero-order valence-electron chi connectivity index (χ0n) is 12.4. The molecule has 0 aliphatic carbocycles. The summed E-state index contributed by atoms with van der Waals surface area (Å²) < 4.78 is 0.999. The van der Waals surface area contributed by atoms with E-state index in [1.807, 2.05) is 36.4 Å². The molecule has 0 radical (unpaired) electrons. The molecule has 1 N–H and O–H groups in total. The van der Waals surface area contributed by atoms with Crippen LogP contribution in [-0.4, -0.2) is 5.91 Å². The van der Waals surface area contributed by atoms with Crippen molar-refractivity contribution >= 4 is 21.8 Å². The fraction of sp³-hybridized carbons (Fsp3) is 0.278. The molecule has 0 saturated carbocycles. The second-order valence-electron chi connectivity index (χ2n) is 5.19. The monoisotopic (exact) mass is 345 g/mol. The number of carbonyl (C=O) groups is 1. The number of benzene rings is 2. The fourth-order valence-corrected chi connectivity index (χ4v) is 2.90. The highest BCUT2D eigenvalue weighted by molar-refractivity contribution is 9.10. The van der Waals surface area contributed by atoms with Crippen LogP contribution in [0.3, 0.4) is 0 Å². The topological polar surface area (TPSA) is 29.1 Å². The van der Waals surface area contributed by atoms with Gasteiger partial charge >= 0.3 is 0 Å². The molecule has 21 heavy (non-hydrogen) atoms. The summed E-state index contributed by atoms with van der Waals surface area (Å²) in [4.78, 5) is 12.3. The predicted octanol–water partition coefficient (Wildman–Crippen LogP) is 4.57. The molecule has 2 nitrogen and oxygen atoms in total. The molecule has 0 aromatic heterocycles. The molecule has 2 aromatic rings. The number of amides is 1. The second kappa shape index (κ2) is 7.41. The maximum Gasteiger partial charge on any atom is 0.224 e. The van der Waals surface area contributed by atoms with Crippen LogP contribution in [0, 0.1) is 6.92 Å². The summed E-state index contributed by atoms with van der Waals surface area (Å²) in [5.74, 6) is 0.0585. The number of aryl methyl sites for hydroxylation is 1. The van der Waals surface area contributed by atoms with Gasteiger partial charge < -0.3 is 5.32 Å². The van der Waals surface area contributed by atoms with Crippen LogP contribution in [0.2, 0.25) is 0 Å². The van der Waals surface area contributed by atoms with Crippen molar-refractivity contribution in [1.82, 2.24) is 5.32 Å². The maximum absolute atomic E-state index is 12.3. The minimum Gasteiger partial charge on any atom is -0.349 e. The molecular formula is C18H20BrNO. The van der Waals surface area contributed by atoms with Gasteiger partial charge in [0.05, 0.1) is 12.5 Å². The number of halogens is 1. The first-order valence-corrected chi connectivity index (χ1v) is 7.98. The molecule has 2 rings (SSSR count). The largest absolute Gasteiger partial charge is 0.349 e. The molecule has 0 saturated heterocycles. The Hall–Kier alpha value is -1.61. The molecule has 3 heteroatoms. The highest BCUT2D eigenvalue weighted by atomic mass is 79.9. The van der Waals surface area contributed by atoms with E-state index < -0.39 is 0 Å². The van der Waals surface area contributed by atoms with Gasteiger partial charge in [-0.3, -0.25) is 4.79 Å². The van der Waals surface area contributed by atoms with E-state index >= 15 is 0 Å². The number of hydrogen-bond acceptors (Lipinski definition) is 1. The summed E-state index contributed by atoms with van der Waals surface area (Å²) in [5.41, 5.74) is 3.43. The minimum absolute atomic E-state index is 0.0585. The summed E-state index contributed by atoms with van der Waals surface area (Å²) in [6.45, 7) is 4.18. The van der Waals surface area contributed by atoms with Gasteiger partial charge in [-0.05, 0) is 42.2 Å². The Morgan fingerprint density at radius 3 is 2.62 bits per heavy atom. The van der Waals surface area contributed by atoms with E-state index in [4.69, 9.17) is 0 Å². The second-order valence-corrected chi connectivity index (χ2v) is 6.11. The fourth-order valence-electron chi connectivity index (χ4n) is 2.46. The van der Waals surface area contributed by atoms with Crippen molar-refractivity contribution in [2.45, 2.75) is 32.7 Å². The van der Waals surface area contributed by atoms with Crippen LogP contribution in [0.1, 0.15) is 36.1 Å². The number of rotatable bonds is 5. The van der Waals surface area contributed by atoms with Crippen LogP contribution < -0.4 is 5.32 Å². The van der Waals surface area contributed by atoms with E-state index in [9.17, 15) is 4.79 Å². The van der Waals surface area contributed by atoms with Crippen LogP contribution in [0.4, 0.5) is 0 Å². The van der Waals surface area contributed by atoms with Crippen molar-refractivity contribution in [2.75, 3.05) is 0 Å². The zero-order chi connectivity index (χ0) is 15.2. The standard InChI is InChI=1S/C18H20BrNO/c1-3-17(16-10-5-4-7-13(16)2)20-18(21)12-14-8-6-9-15(19)11-14/h4-11,17H,3,12H2,1-2H3,(H,20,21)/t17-/m0/s1.